The third-order valence-corrected chi connectivity index (χ3v) is 3.51. The van der Waals surface area contributed by atoms with Crippen LogP contribution >= 0.6 is 11.6 Å². The van der Waals surface area contributed by atoms with Gasteiger partial charge >= 0.3 is 6.18 Å². The Bertz CT molecular complexity index is 461. The minimum Gasteiger partial charge on any atom is -0.359 e. The van der Waals surface area contributed by atoms with Gasteiger partial charge in [0.15, 0.2) is 0 Å². The van der Waals surface area contributed by atoms with Gasteiger partial charge in [-0.3, -0.25) is 0 Å². The van der Waals surface area contributed by atoms with Crippen LogP contribution in [0, 0.1) is 0 Å². The molecule has 0 atom stereocenters. The van der Waals surface area contributed by atoms with E-state index in [2.05, 4.69) is 10.3 Å². The van der Waals surface area contributed by atoms with Crippen molar-refractivity contribution in [1.82, 2.24) is 10.3 Å². The standard InChI is InChI=1S/C13H17ClF3N3/c1-20(7-6-13(15,16)17)12-5-4-10(14)11(19-12)8-18-9-2-3-9/h4-5,9,18H,2-3,6-8H2,1H3. The van der Waals surface area contributed by atoms with Crippen LogP contribution < -0.4 is 10.2 Å². The Morgan fingerprint density at radius 2 is 2.10 bits per heavy atom. The average molecular weight is 308 g/mol. The van der Waals surface area contributed by atoms with Gasteiger partial charge in [-0.2, -0.15) is 13.2 Å². The molecule has 0 spiro atoms. The lowest BCUT2D eigenvalue weighted by molar-refractivity contribution is -0.132. The van der Waals surface area contributed by atoms with Crippen molar-refractivity contribution < 1.29 is 13.2 Å². The van der Waals surface area contributed by atoms with Gasteiger partial charge in [0.2, 0.25) is 0 Å². The molecular weight excluding hydrogens is 291 g/mol. The summed E-state index contributed by atoms with van der Waals surface area (Å²) in [5.74, 6) is 0.506. The first-order valence-corrected chi connectivity index (χ1v) is 6.89. The zero-order valence-electron chi connectivity index (χ0n) is 11.2. The van der Waals surface area contributed by atoms with Gasteiger partial charge in [-0.15, -0.1) is 0 Å². The summed E-state index contributed by atoms with van der Waals surface area (Å²) in [6.45, 7) is 0.429. The molecule has 1 N–H and O–H groups in total. The van der Waals surface area contributed by atoms with E-state index in [4.69, 9.17) is 11.6 Å². The number of hydrogen-bond donors (Lipinski definition) is 1. The molecule has 1 fully saturated rings. The molecule has 0 bridgehead atoms. The highest BCUT2D eigenvalue weighted by Crippen LogP contribution is 2.24. The Kier molecular flexibility index (Phi) is 4.75. The van der Waals surface area contributed by atoms with Crippen molar-refractivity contribution in [3.8, 4) is 0 Å². The quantitative estimate of drug-likeness (QED) is 0.873. The third kappa shape index (κ3) is 4.83. The van der Waals surface area contributed by atoms with Gasteiger partial charge in [0.05, 0.1) is 17.1 Å². The number of rotatable bonds is 6. The van der Waals surface area contributed by atoms with Crippen LogP contribution in [0.5, 0.6) is 0 Å². The Morgan fingerprint density at radius 1 is 1.40 bits per heavy atom. The fourth-order valence-corrected chi connectivity index (χ4v) is 1.92. The van der Waals surface area contributed by atoms with Crippen LogP contribution in [0.15, 0.2) is 12.1 Å². The summed E-state index contributed by atoms with van der Waals surface area (Å²) in [5, 5.41) is 3.82. The first-order valence-electron chi connectivity index (χ1n) is 6.52. The topological polar surface area (TPSA) is 28.2 Å². The van der Waals surface area contributed by atoms with Gasteiger partial charge < -0.3 is 10.2 Å². The summed E-state index contributed by atoms with van der Waals surface area (Å²) >= 11 is 6.05. The Hall–Kier alpha value is -1.01. The molecule has 0 radical (unpaired) electrons. The van der Waals surface area contributed by atoms with Crippen molar-refractivity contribution in [3.05, 3.63) is 22.8 Å². The number of hydrogen-bond acceptors (Lipinski definition) is 3. The SMILES string of the molecule is CN(CCC(F)(F)F)c1ccc(Cl)c(CNC2CC2)n1. The molecule has 1 heterocycles. The molecule has 112 valence electrons. The molecule has 20 heavy (non-hydrogen) atoms. The number of nitrogens with one attached hydrogen (secondary N) is 1. The van der Waals surface area contributed by atoms with Gasteiger partial charge in [-0.05, 0) is 25.0 Å². The molecule has 3 nitrogen and oxygen atoms in total. The van der Waals surface area contributed by atoms with Crippen molar-refractivity contribution in [2.75, 3.05) is 18.5 Å². The first-order chi connectivity index (χ1) is 9.35. The Morgan fingerprint density at radius 3 is 2.70 bits per heavy atom. The van der Waals surface area contributed by atoms with E-state index in [-0.39, 0.29) is 6.54 Å². The molecule has 0 saturated heterocycles. The van der Waals surface area contributed by atoms with Crippen molar-refractivity contribution in [2.45, 2.75) is 38.0 Å². The van der Waals surface area contributed by atoms with Crippen molar-refractivity contribution in [2.24, 2.45) is 0 Å². The predicted molar refractivity (Wildman–Crippen MR) is 73.1 cm³/mol. The van der Waals surface area contributed by atoms with Gasteiger partial charge in [-0.1, -0.05) is 11.6 Å². The van der Waals surface area contributed by atoms with Crippen molar-refractivity contribution >= 4 is 17.4 Å². The number of halogens is 4. The summed E-state index contributed by atoms with van der Waals surface area (Å²) in [6.07, 6.45) is -2.70. The molecule has 0 amide bonds. The summed E-state index contributed by atoms with van der Waals surface area (Å²) < 4.78 is 36.6. The minimum absolute atomic E-state index is 0.117. The molecule has 7 heteroatoms. The van der Waals surface area contributed by atoms with E-state index in [1.54, 1.807) is 19.2 Å². The fourth-order valence-electron chi connectivity index (χ4n) is 1.75. The van der Waals surface area contributed by atoms with Gasteiger partial charge in [-0.25, -0.2) is 4.98 Å². The highest BCUT2D eigenvalue weighted by Gasteiger charge is 2.27. The van der Waals surface area contributed by atoms with E-state index in [0.717, 1.165) is 12.8 Å². The Labute approximate surface area is 121 Å². The van der Waals surface area contributed by atoms with Crippen LogP contribution in [0.2, 0.25) is 5.02 Å². The summed E-state index contributed by atoms with van der Waals surface area (Å²) in [7, 11) is 1.60. The highest BCUT2D eigenvalue weighted by molar-refractivity contribution is 6.31. The largest absolute Gasteiger partial charge is 0.390 e. The number of anilines is 1. The van der Waals surface area contributed by atoms with Crippen LogP contribution in [0.3, 0.4) is 0 Å². The van der Waals surface area contributed by atoms with Crippen LogP contribution in [-0.2, 0) is 6.54 Å². The second kappa shape index (κ2) is 6.18. The lowest BCUT2D eigenvalue weighted by Crippen LogP contribution is -2.25. The van der Waals surface area contributed by atoms with Crippen molar-refractivity contribution in [3.63, 3.8) is 0 Å². The normalized spacial score (nSPS) is 15.4. The molecule has 1 aliphatic carbocycles. The maximum Gasteiger partial charge on any atom is 0.390 e. The minimum atomic E-state index is -4.16. The predicted octanol–water partition coefficient (Wildman–Crippen LogP) is 3.38. The molecular formula is C13H17ClF3N3. The lowest BCUT2D eigenvalue weighted by atomic mass is 10.3. The maximum absolute atomic E-state index is 12.2. The molecule has 0 unspecified atom stereocenters. The average Bonchev–Trinajstić information content (AvgIpc) is 3.18. The highest BCUT2D eigenvalue weighted by atomic mass is 35.5. The molecule has 1 saturated carbocycles. The third-order valence-electron chi connectivity index (χ3n) is 3.16. The van der Waals surface area contributed by atoms with Gasteiger partial charge in [0.1, 0.15) is 5.82 Å². The fraction of sp³-hybridized carbons (Fsp3) is 0.615. The monoisotopic (exact) mass is 307 g/mol. The van der Waals surface area contributed by atoms with E-state index in [1.807, 2.05) is 0 Å². The maximum atomic E-state index is 12.2. The molecule has 0 aliphatic heterocycles. The van der Waals surface area contributed by atoms with Crippen LogP contribution in [0.25, 0.3) is 0 Å². The van der Waals surface area contributed by atoms with Crippen molar-refractivity contribution in [1.29, 1.82) is 0 Å². The smallest absolute Gasteiger partial charge is 0.359 e. The summed E-state index contributed by atoms with van der Waals surface area (Å²) in [5.41, 5.74) is 0.676. The van der Waals surface area contributed by atoms with Crippen LogP contribution in [-0.4, -0.2) is 30.8 Å². The van der Waals surface area contributed by atoms with E-state index >= 15 is 0 Å². The molecule has 1 aromatic rings. The number of nitrogens with zero attached hydrogens (tertiary/aromatic N) is 2. The van der Waals surface area contributed by atoms with E-state index < -0.39 is 12.6 Å². The second-order valence-corrected chi connectivity index (χ2v) is 5.45. The summed E-state index contributed by atoms with van der Waals surface area (Å²) in [6, 6.07) is 3.84. The lowest BCUT2D eigenvalue weighted by Gasteiger charge is -2.20. The summed E-state index contributed by atoms with van der Waals surface area (Å²) in [4.78, 5) is 5.83. The zero-order valence-corrected chi connectivity index (χ0v) is 11.9. The zero-order chi connectivity index (χ0) is 14.8. The first kappa shape index (κ1) is 15.4. The van der Waals surface area contributed by atoms with Gasteiger partial charge in [0.25, 0.3) is 0 Å². The molecule has 1 aromatic heterocycles. The number of aromatic nitrogens is 1. The van der Waals surface area contributed by atoms with E-state index in [9.17, 15) is 13.2 Å². The van der Waals surface area contributed by atoms with Gasteiger partial charge in [0, 0.05) is 26.2 Å². The Balaban J connectivity index is 1.97. The molecule has 0 aromatic carbocycles. The number of alkyl halides is 3. The molecule has 1 aliphatic rings. The van der Waals surface area contributed by atoms with Crippen LogP contribution in [0.1, 0.15) is 25.0 Å². The van der Waals surface area contributed by atoms with E-state index in [0.29, 0.717) is 29.1 Å². The van der Waals surface area contributed by atoms with Crippen LogP contribution in [0.4, 0.5) is 19.0 Å². The molecule has 2 rings (SSSR count). The van der Waals surface area contributed by atoms with E-state index in [1.165, 1.54) is 4.90 Å². The number of pyridine rings is 1. The second-order valence-electron chi connectivity index (χ2n) is 5.04.